The first-order valence-electron chi connectivity index (χ1n) is 9.78. The number of anilines is 3. The van der Waals surface area contributed by atoms with Gasteiger partial charge in [-0.3, -0.25) is 4.79 Å². The summed E-state index contributed by atoms with van der Waals surface area (Å²) in [7, 11) is 0. The van der Waals surface area contributed by atoms with Gasteiger partial charge in [0.1, 0.15) is 0 Å². The van der Waals surface area contributed by atoms with Crippen LogP contribution in [0.25, 0.3) is 0 Å². The second kappa shape index (κ2) is 7.81. The number of carbonyl (C=O) groups excluding carboxylic acids is 1. The minimum absolute atomic E-state index is 0.136. The monoisotopic (exact) mass is 349 g/mol. The summed E-state index contributed by atoms with van der Waals surface area (Å²) in [6.07, 6.45) is 6.01. The summed E-state index contributed by atoms with van der Waals surface area (Å²) in [5, 5.41) is 3.29. The van der Waals surface area contributed by atoms with Crippen molar-refractivity contribution in [2.45, 2.75) is 32.1 Å². The predicted molar refractivity (Wildman–Crippen MR) is 108 cm³/mol. The van der Waals surface area contributed by atoms with Gasteiger partial charge in [0.2, 0.25) is 5.91 Å². The molecule has 1 amide bonds. The highest BCUT2D eigenvalue weighted by atomic mass is 16.2. The number of para-hydroxylation sites is 1. The molecular weight excluding hydrogens is 322 g/mol. The lowest BCUT2D eigenvalue weighted by Crippen LogP contribution is -2.39. The number of aryl methyl sites for hydroxylation is 1. The molecule has 0 radical (unpaired) electrons. The van der Waals surface area contributed by atoms with Crippen LogP contribution in [0.4, 0.5) is 17.1 Å². The molecule has 2 aliphatic heterocycles. The highest BCUT2D eigenvalue weighted by molar-refractivity contribution is 5.97. The first kappa shape index (κ1) is 17.0. The van der Waals surface area contributed by atoms with E-state index >= 15 is 0 Å². The molecule has 2 aromatic carbocycles. The molecule has 1 saturated heterocycles. The summed E-state index contributed by atoms with van der Waals surface area (Å²) < 4.78 is 0. The summed E-state index contributed by atoms with van der Waals surface area (Å²) in [4.78, 5) is 17.1. The smallest absolute Gasteiger partial charge is 0.246 e. The molecule has 0 unspecified atom stereocenters. The van der Waals surface area contributed by atoms with Gasteiger partial charge in [-0.1, -0.05) is 18.2 Å². The van der Waals surface area contributed by atoms with Crippen molar-refractivity contribution >= 4 is 23.0 Å². The molecule has 4 rings (SSSR count). The molecule has 0 bridgehead atoms. The minimum Gasteiger partial charge on any atom is -0.376 e. The van der Waals surface area contributed by atoms with Crippen LogP contribution in [0.15, 0.2) is 48.5 Å². The van der Waals surface area contributed by atoms with Gasteiger partial charge in [0, 0.05) is 36.7 Å². The van der Waals surface area contributed by atoms with Gasteiger partial charge in [0.15, 0.2) is 0 Å². The third-order valence-corrected chi connectivity index (χ3v) is 5.44. The van der Waals surface area contributed by atoms with Crippen LogP contribution in [0.5, 0.6) is 0 Å². The highest BCUT2D eigenvalue weighted by Crippen LogP contribution is 2.27. The van der Waals surface area contributed by atoms with Crippen molar-refractivity contribution in [3.05, 3.63) is 54.1 Å². The van der Waals surface area contributed by atoms with E-state index in [0.29, 0.717) is 6.54 Å². The number of hydrogen-bond acceptors (Lipinski definition) is 3. The Morgan fingerprint density at radius 3 is 2.46 bits per heavy atom. The van der Waals surface area contributed by atoms with Crippen molar-refractivity contribution < 1.29 is 4.79 Å². The van der Waals surface area contributed by atoms with E-state index in [0.717, 1.165) is 43.9 Å². The van der Waals surface area contributed by atoms with Gasteiger partial charge in [-0.2, -0.15) is 0 Å². The average molecular weight is 349 g/mol. The third kappa shape index (κ3) is 3.69. The molecule has 0 aliphatic carbocycles. The Bertz CT molecular complexity index is 750. The number of nitrogens with one attached hydrogen (secondary N) is 1. The summed E-state index contributed by atoms with van der Waals surface area (Å²) >= 11 is 0. The Morgan fingerprint density at radius 2 is 1.65 bits per heavy atom. The van der Waals surface area contributed by atoms with E-state index in [4.69, 9.17) is 0 Å². The fraction of sp³-hybridized carbons (Fsp3) is 0.409. The lowest BCUT2D eigenvalue weighted by molar-refractivity contribution is -0.117. The van der Waals surface area contributed by atoms with Crippen LogP contribution in [0.1, 0.15) is 31.2 Å². The molecule has 26 heavy (non-hydrogen) atoms. The Hall–Kier alpha value is -2.49. The minimum atomic E-state index is 0.136. The van der Waals surface area contributed by atoms with Crippen LogP contribution in [0.2, 0.25) is 0 Å². The molecule has 0 saturated carbocycles. The molecule has 0 spiro atoms. The van der Waals surface area contributed by atoms with Gasteiger partial charge in [0.05, 0.1) is 6.54 Å². The molecular formula is C22H27N3O. The lowest BCUT2D eigenvalue weighted by Gasteiger charge is -2.30. The Labute approximate surface area is 155 Å². The van der Waals surface area contributed by atoms with E-state index in [2.05, 4.69) is 52.7 Å². The Kier molecular flexibility index (Phi) is 5.09. The van der Waals surface area contributed by atoms with Crippen LogP contribution in [-0.4, -0.2) is 32.1 Å². The SMILES string of the molecule is O=C(CNc1ccc(N2CCCCC2)cc1)N1CCCc2ccccc21. The van der Waals surface area contributed by atoms with Crippen LogP contribution in [-0.2, 0) is 11.2 Å². The van der Waals surface area contributed by atoms with Crippen molar-refractivity contribution in [3.63, 3.8) is 0 Å². The molecule has 0 aromatic heterocycles. The number of amides is 1. The number of piperidine rings is 1. The third-order valence-electron chi connectivity index (χ3n) is 5.44. The fourth-order valence-corrected chi connectivity index (χ4v) is 4.01. The molecule has 1 N–H and O–H groups in total. The van der Waals surface area contributed by atoms with Gasteiger partial charge in [-0.15, -0.1) is 0 Å². The van der Waals surface area contributed by atoms with Gasteiger partial charge in [-0.05, 0) is 68.0 Å². The average Bonchev–Trinajstić information content (AvgIpc) is 2.72. The lowest BCUT2D eigenvalue weighted by atomic mass is 10.0. The number of fused-ring (bicyclic) bond motifs is 1. The fourth-order valence-electron chi connectivity index (χ4n) is 4.01. The van der Waals surface area contributed by atoms with Gasteiger partial charge in [-0.25, -0.2) is 0 Å². The van der Waals surface area contributed by atoms with Crippen molar-refractivity contribution in [1.29, 1.82) is 0 Å². The highest BCUT2D eigenvalue weighted by Gasteiger charge is 2.21. The molecule has 2 aliphatic rings. The molecule has 2 aromatic rings. The maximum absolute atomic E-state index is 12.7. The van der Waals surface area contributed by atoms with Crippen LogP contribution >= 0.6 is 0 Å². The molecule has 4 nitrogen and oxygen atoms in total. The van der Waals surface area contributed by atoms with E-state index in [1.165, 1.54) is 30.5 Å². The maximum Gasteiger partial charge on any atom is 0.246 e. The molecule has 4 heteroatoms. The van der Waals surface area contributed by atoms with E-state index in [1.807, 2.05) is 11.0 Å². The largest absolute Gasteiger partial charge is 0.376 e. The van der Waals surface area contributed by atoms with E-state index in [-0.39, 0.29) is 5.91 Å². The zero-order valence-corrected chi connectivity index (χ0v) is 15.3. The van der Waals surface area contributed by atoms with Gasteiger partial charge < -0.3 is 15.1 Å². The van der Waals surface area contributed by atoms with E-state index in [9.17, 15) is 4.79 Å². The summed E-state index contributed by atoms with van der Waals surface area (Å²) in [5.41, 5.74) is 4.64. The number of hydrogen-bond donors (Lipinski definition) is 1. The summed E-state index contributed by atoms with van der Waals surface area (Å²) in [6, 6.07) is 16.7. The van der Waals surface area contributed by atoms with Crippen LogP contribution in [0, 0.1) is 0 Å². The first-order valence-corrected chi connectivity index (χ1v) is 9.78. The Morgan fingerprint density at radius 1 is 0.885 bits per heavy atom. The number of rotatable bonds is 4. The number of benzene rings is 2. The molecule has 136 valence electrons. The first-order chi connectivity index (χ1) is 12.8. The second-order valence-corrected chi connectivity index (χ2v) is 7.23. The van der Waals surface area contributed by atoms with E-state index < -0.39 is 0 Å². The maximum atomic E-state index is 12.7. The predicted octanol–water partition coefficient (Wildman–Crippen LogP) is 4.07. The zero-order valence-electron chi connectivity index (χ0n) is 15.3. The topological polar surface area (TPSA) is 35.6 Å². The standard InChI is InChI=1S/C22H27N3O/c26-22(25-16-6-8-18-7-2-3-9-21(18)25)17-23-19-10-12-20(13-11-19)24-14-4-1-5-15-24/h2-3,7,9-13,23H,1,4-6,8,14-17H2. The summed E-state index contributed by atoms with van der Waals surface area (Å²) in [5.74, 6) is 0.136. The molecule has 0 atom stereocenters. The van der Waals surface area contributed by atoms with Crippen molar-refractivity contribution in [2.75, 3.05) is 41.3 Å². The molecule has 2 heterocycles. The van der Waals surface area contributed by atoms with Gasteiger partial charge in [0.25, 0.3) is 0 Å². The zero-order chi connectivity index (χ0) is 17.8. The van der Waals surface area contributed by atoms with Crippen molar-refractivity contribution in [3.8, 4) is 0 Å². The number of carbonyl (C=O) groups is 1. The van der Waals surface area contributed by atoms with Crippen LogP contribution in [0.3, 0.4) is 0 Å². The number of nitrogens with zero attached hydrogens (tertiary/aromatic N) is 2. The Balaban J connectivity index is 1.36. The van der Waals surface area contributed by atoms with Crippen LogP contribution < -0.4 is 15.1 Å². The van der Waals surface area contributed by atoms with E-state index in [1.54, 1.807) is 0 Å². The molecule has 1 fully saturated rings. The quantitative estimate of drug-likeness (QED) is 0.904. The van der Waals surface area contributed by atoms with Gasteiger partial charge >= 0.3 is 0 Å². The van der Waals surface area contributed by atoms with Crippen molar-refractivity contribution in [1.82, 2.24) is 0 Å². The summed E-state index contributed by atoms with van der Waals surface area (Å²) in [6.45, 7) is 3.45. The van der Waals surface area contributed by atoms with Crippen molar-refractivity contribution in [2.24, 2.45) is 0 Å². The second-order valence-electron chi connectivity index (χ2n) is 7.23. The normalized spacial score (nSPS) is 16.9.